The fourth-order valence-electron chi connectivity index (χ4n) is 1.32. The Bertz CT molecular complexity index is 108. The van der Waals surface area contributed by atoms with E-state index in [2.05, 4.69) is 0 Å². The lowest BCUT2D eigenvalue weighted by Crippen LogP contribution is -2.29. The Morgan fingerprint density at radius 3 is 2.90 bits per heavy atom. The molecule has 0 aromatic rings. The van der Waals surface area contributed by atoms with E-state index >= 15 is 0 Å². The highest BCUT2D eigenvalue weighted by molar-refractivity contribution is 4.75. The van der Waals surface area contributed by atoms with Crippen molar-refractivity contribution in [3.05, 3.63) is 0 Å². The fraction of sp³-hybridized carbons (Fsp3) is 1.00. The molecule has 1 aliphatic heterocycles. The van der Waals surface area contributed by atoms with Crippen LogP contribution in [-0.4, -0.2) is 41.9 Å². The summed E-state index contributed by atoms with van der Waals surface area (Å²) in [4.78, 5) is 1.95. The Balaban J connectivity index is 2.18. The van der Waals surface area contributed by atoms with Gasteiger partial charge in [-0.1, -0.05) is 0 Å². The molecule has 10 heavy (non-hydrogen) atoms. The van der Waals surface area contributed by atoms with Gasteiger partial charge in [0, 0.05) is 19.6 Å². The molecule has 1 fully saturated rings. The molecule has 1 heterocycles. The largest absolute Gasteiger partial charge is 0.392 e. The second-order valence-electron chi connectivity index (χ2n) is 2.99. The van der Waals surface area contributed by atoms with Gasteiger partial charge in [-0.25, -0.2) is 4.39 Å². The van der Waals surface area contributed by atoms with Crippen molar-refractivity contribution in [1.29, 1.82) is 0 Å². The second kappa shape index (κ2) is 3.30. The minimum Gasteiger partial charge on any atom is -0.392 e. The van der Waals surface area contributed by atoms with Gasteiger partial charge >= 0.3 is 0 Å². The van der Waals surface area contributed by atoms with Crippen LogP contribution in [0.25, 0.3) is 0 Å². The summed E-state index contributed by atoms with van der Waals surface area (Å²) in [6.45, 7) is 3.64. The van der Waals surface area contributed by atoms with Crippen LogP contribution in [0.2, 0.25) is 0 Å². The number of nitrogens with zero attached hydrogens (tertiary/aromatic N) is 1. The van der Waals surface area contributed by atoms with E-state index in [0.29, 0.717) is 19.5 Å². The molecule has 0 spiro atoms. The maximum absolute atomic E-state index is 12.5. The number of likely N-dealkylation sites (tertiary alicyclic amines) is 1. The molecule has 0 bridgehead atoms. The van der Waals surface area contributed by atoms with Crippen LogP contribution in [0.5, 0.6) is 0 Å². The maximum atomic E-state index is 12.5. The van der Waals surface area contributed by atoms with Gasteiger partial charge in [0.25, 0.3) is 0 Å². The highest BCUT2D eigenvalue weighted by Gasteiger charge is 2.21. The minimum atomic E-state index is -0.668. The molecule has 1 N–H and O–H groups in total. The van der Waals surface area contributed by atoms with Crippen LogP contribution in [0, 0.1) is 0 Å². The summed E-state index contributed by atoms with van der Waals surface area (Å²) in [6.07, 6.45) is -0.365. The van der Waals surface area contributed by atoms with Crippen LogP contribution in [0.4, 0.5) is 4.39 Å². The zero-order valence-electron chi connectivity index (χ0n) is 6.26. The van der Waals surface area contributed by atoms with Crippen LogP contribution in [0.3, 0.4) is 0 Å². The summed E-state index contributed by atoms with van der Waals surface area (Å²) in [5, 5.41) is 8.93. The Hall–Kier alpha value is -0.150. The summed E-state index contributed by atoms with van der Waals surface area (Å²) in [5.74, 6) is 0. The Labute approximate surface area is 60.6 Å². The van der Waals surface area contributed by atoms with Gasteiger partial charge in [-0.3, -0.25) is 4.90 Å². The third-order valence-corrected chi connectivity index (χ3v) is 1.74. The molecular weight excluding hydrogens is 133 g/mol. The van der Waals surface area contributed by atoms with Crippen LogP contribution >= 0.6 is 0 Å². The third-order valence-electron chi connectivity index (χ3n) is 1.74. The van der Waals surface area contributed by atoms with Crippen molar-refractivity contribution < 1.29 is 9.50 Å². The van der Waals surface area contributed by atoms with Crippen molar-refractivity contribution in [2.75, 3.05) is 19.6 Å². The van der Waals surface area contributed by atoms with E-state index in [1.54, 1.807) is 6.92 Å². The minimum absolute atomic E-state index is 0.328. The van der Waals surface area contributed by atoms with Gasteiger partial charge in [-0.05, 0) is 13.3 Å². The molecular formula is C7H14FNO. The van der Waals surface area contributed by atoms with E-state index in [9.17, 15) is 4.39 Å². The molecule has 0 unspecified atom stereocenters. The monoisotopic (exact) mass is 147 g/mol. The molecule has 0 saturated carbocycles. The quantitative estimate of drug-likeness (QED) is 0.611. The Morgan fingerprint density at radius 1 is 1.80 bits per heavy atom. The number of rotatable bonds is 2. The van der Waals surface area contributed by atoms with E-state index in [1.165, 1.54) is 0 Å². The van der Waals surface area contributed by atoms with Crippen molar-refractivity contribution in [2.45, 2.75) is 25.6 Å². The third kappa shape index (κ3) is 2.23. The SMILES string of the molecule is C[C@@H](O)CN1CC[C@@H](F)C1. The predicted molar refractivity (Wildman–Crippen MR) is 37.6 cm³/mol. The molecule has 3 heteroatoms. The molecule has 0 aromatic carbocycles. The van der Waals surface area contributed by atoms with Gasteiger partial charge in [0.05, 0.1) is 6.10 Å². The fourth-order valence-corrected chi connectivity index (χ4v) is 1.32. The highest BCUT2D eigenvalue weighted by Crippen LogP contribution is 2.11. The molecule has 0 radical (unpaired) electrons. The number of hydrogen-bond acceptors (Lipinski definition) is 2. The summed E-state index contributed by atoms with van der Waals surface area (Å²) >= 11 is 0. The van der Waals surface area contributed by atoms with Crippen LogP contribution < -0.4 is 0 Å². The summed E-state index contributed by atoms with van der Waals surface area (Å²) in [7, 11) is 0. The predicted octanol–water partition coefficient (Wildman–Crippen LogP) is 0.411. The van der Waals surface area contributed by atoms with E-state index in [4.69, 9.17) is 5.11 Å². The van der Waals surface area contributed by atoms with Crippen LogP contribution in [-0.2, 0) is 0 Å². The van der Waals surface area contributed by atoms with Crippen molar-refractivity contribution in [3.8, 4) is 0 Å². The molecule has 1 rings (SSSR count). The topological polar surface area (TPSA) is 23.5 Å². The first-order chi connectivity index (χ1) is 4.68. The average Bonchev–Trinajstić information content (AvgIpc) is 2.13. The van der Waals surface area contributed by atoms with Crippen LogP contribution in [0.15, 0.2) is 0 Å². The summed E-state index contributed by atoms with van der Waals surface area (Å²) < 4.78 is 12.5. The molecule has 1 aliphatic rings. The second-order valence-corrected chi connectivity index (χ2v) is 2.99. The molecule has 2 nitrogen and oxygen atoms in total. The van der Waals surface area contributed by atoms with Gasteiger partial charge in [0.15, 0.2) is 0 Å². The van der Waals surface area contributed by atoms with E-state index in [0.717, 1.165) is 6.54 Å². The summed E-state index contributed by atoms with van der Waals surface area (Å²) in [5.41, 5.74) is 0. The van der Waals surface area contributed by atoms with Crippen molar-refractivity contribution in [1.82, 2.24) is 4.90 Å². The smallest absolute Gasteiger partial charge is 0.114 e. The number of halogens is 1. The average molecular weight is 147 g/mol. The number of aliphatic hydroxyl groups excluding tert-OH is 1. The molecule has 0 aromatic heterocycles. The molecule has 1 saturated heterocycles. The lowest BCUT2D eigenvalue weighted by molar-refractivity contribution is 0.136. The highest BCUT2D eigenvalue weighted by atomic mass is 19.1. The lowest BCUT2D eigenvalue weighted by atomic mass is 10.3. The Kier molecular flexibility index (Phi) is 2.63. The first kappa shape index (κ1) is 7.95. The van der Waals surface area contributed by atoms with Gasteiger partial charge in [-0.15, -0.1) is 0 Å². The first-order valence-corrected chi connectivity index (χ1v) is 3.73. The molecule has 0 aliphatic carbocycles. The number of hydrogen-bond donors (Lipinski definition) is 1. The standard InChI is InChI=1S/C7H14FNO/c1-6(10)4-9-3-2-7(8)5-9/h6-7,10H,2-5H2,1H3/t6-,7-/m1/s1. The lowest BCUT2D eigenvalue weighted by Gasteiger charge is -2.15. The van der Waals surface area contributed by atoms with Gasteiger partial charge in [0.2, 0.25) is 0 Å². The Morgan fingerprint density at radius 2 is 2.50 bits per heavy atom. The maximum Gasteiger partial charge on any atom is 0.114 e. The first-order valence-electron chi connectivity index (χ1n) is 3.73. The normalized spacial score (nSPS) is 30.9. The van der Waals surface area contributed by atoms with Gasteiger partial charge < -0.3 is 5.11 Å². The van der Waals surface area contributed by atoms with E-state index in [1.807, 2.05) is 4.90 Å². The van der Waals surface area contributed by atoms with Gasteiger partial charge in [-0.2, -0.15) is 0 Å². The van der Waals surface area contributed by atoms with E-state index in [-0.39, 0.29) is 6.10 Å². The van der Waals surface area contributed by atoms with Crippen molar-refractivity contribution >= 4 is 0 Å². The zero-order valence-corrected chi connectivity index (χ0v) is 6.26. The zero-order chi connectivity index (χ0) is 7.56. The van der Waals surface area contributed by atoms with Crippen molar-refractivity contribution in [3.63, 3.8) is 0 Å². The molecule has 60 valence electrons. The number of β-amino-alcohol motifs (C(OH)–C–C–N with tert-alkyl or cyclic N) is 1. The van der Waals surface area contributed by atoms with Gasteiger partial charge in [0.1, 0.15) is 6.17 Å². The van der Waals surface area contributed by atoms with E-state index < -0.39 is 6.17 Å². The summed E-state index contributed by atoms with van der Waals surface area (Å²) in [6, 6.07) is 0. The van der Waals surface area contributed by atoms with Crippen molar-refractivity contribution in [2.24, 2.45) is 0 Å². The molecule has 2 atom stereocenters. The molecule has 0 amide bonds. The number of alkyl halides is 1. The number of aliphatic hydroxyl groups is 1. The van der Waals surface area contributed by atoms with Crippen LogP contribution in [0.1, 0.15) is 13.3 Å².